The molecule has 0 fully saturated rings. The molecule has 0 aliphatic carbocycles. The Balaban J connectivity index is 1.67. The van der Waals surface area contributed by atoms with Crippen LogP contribution < -0.4 is 20.7 Å². The Bertz CT molecular complexity index is 1090. The van der Waals surface area contributed by atoms with Gasteiger partial charge in [-0.2, -0.15) is 0 Å². The second kappa shape index (κ2) is 12.5. The third-order valence-corrected chi connectivity index (χ3v) is 6.49. The highest BCUT2D eigenvalue weighted by molar-refractivity contribution is 7.17. The van der Waals surface area contributed by atoms with E-state index in [4.69, 9.17) is 16.3 Å². The minimum atomic E-state index is -1.18. The molecule has 3 amide bonds. The Morgan fingerprint density at radius 2 is 1.86 bits per heavy atom. The number of benzene rings is 1. The Hall–Kier alpha value is -3.15. The fourth-order valence-corrected chi connectivity index (χ4v) is 4.32. The Labute approximate surface area is 211 Å². The van der Waals surface area contributed by atoms with E-state index in [-0.39, 0.29) is 11.6 Å². The molecule has 188 valence electrons. The van der Waals surface area contributed by atoms with Crippen LogP contribution in [0.1, 0.15) is 17.5 Å². The summed E-state index contributed by atoms with van der Waals surface area (Å²) in [5.74, 6) is -1.93. The average molecular weight is 523 g/mol. The number of halogens is 1. The molecule has 1 aromatic heterocycles. The molecule has 0 spiro atoms. The van der Waals surface area contributed by atoms with Gasteiger partial charge in [-0.1, -0.05) is 29.0 Å². The summed E-state index contributed by atoms with van der Waals surface area (Å²) in [7, 11) is 3.24. The van der Waals surface area contributed by atoms with E-state index in [9.17, 15) is 19.2 Å². The lowest BCUT2D eigenvalue weighted by Crippen LogP contribution is -2.51. The lowest BCUT2D eigenvalue weighted by Gasteiger charge is -2.19. The molecule has 1 aliphatic rings. The van der Waals surface area contributed by atoms with Crippen molar-refractivity contribution in [1.29, 1.82) is 0 Å². The molecular weight excluding hydrogens is 496 g/mol. The molecule has 0 radical (unpaired) electrons. The largest absolute Gasteiger partial charge is 0.469 e. The van der Waals surface area contributed by atoms with Gasteiger partial charge in [-0.3, -0.25) is 14.4 Å². The van der Waals surface area contributed by atoms with Crippen molar-refractivity contribution in [3.8, 4) is 5.06 Å². The zero-order valence-electron chi connectivity index (χ0n) is 19.4. The van der Waals surface area contributed by atoms with Gasteiger partial charge < -0.3 is 30.3 Å². The van der Waals surface area contributed by atoms with E-state index in [0.717, 1.165) is 42.8 Å². The van der Waals surface area contributed by atoms with Gasteiger partial charge in [-0.25, -0.2) is 4.79 Å². The number of rotatable bonds is 8. The number of hydrogen-bond acceptors (Lipinski definition) is 8. The number of nitrogens with zero attached hydrogens (tertiary/aromatic N) is 1. The maximum atomic E-state index is 13.0. The molecule has 3 rings (SSSR count). The zero-order chi connectivity index (χ0) is 25.4. The number of fused-ring (bicyclic) bond motifs is 1. The number of esters is 1. The van der Waals surface area contributed by atoms with E-state index >= 15 is 0 Å². The summed E-state index contributed by atoms with van der Waals surface area (Å²) >= 11 is 6.91. The molecule has 1 aliphatic heterocycles. The number of anilines is 1. The van der Waals surface area contributed by atoms with Crippen LogP contribution in [0.2, 0.25) is 4.34 Å². The van der Waals surface area contributed by atoms with E-state index in [1.165, 1.54) is 18.7 Å². The molecule has 1 atom stereocenters. The first-order chi connectivity index (χ1) is 16.7. The lowest BCUT2D eigenvalue weighted by molar-refractivity contribution is -0.143. The Kier molecular flexibility index (Phi) is 9.47. The van der Waals surface area contributed by atoms with E-state index in [1.807, 2.05) is 12.1 Å². The van der Waals surface area contributed by atoms with Crippen molar-refractivity contribution in [1.82, 2.24) is 15.5 Å². The van der Waals surface area contributed by atoms with Crippen LogP contribution >= 0.6 is 22.9 Å². The van der Waals surface area contributed by atoms with Crippen LogP contribution in [0.15, 0.2) is 30.3 Å². The van der Waals surface area contributed by atoms with Crippen molar-refractivity contribution in [2.75, 3.05) is 39.1 Å². The molecule has 2 aromatic rings. The number of nitrogens with one attached hydrogen (secondary N) is 3. The van der Waals surface area contributed by atoms with Crippen molar-refractivity contribution in [3.63, 3.8) is 0 Å². The van der Waals surface area contributed by atoms with Crippen LogP contribution in [0.25, 0.3) is 0 Å². The molecule has 0 saturated carbocycles. The van der Waals surface area contributed by atoms with Crippen LogP contribution in [0.4, 0.5) is 10.5 Å². The summed E-state index contributed by atoms with van der Waals surface area (Å²) in [4.78, 5) is 51.0. The van der Waals surface area contributed by atoms with E-state index in [1.54, 1.807) is 12.1 Å². The third kappa shape index (κ3) is 8.23. The van der Waals surface area contributed by atoms with Crippen LogP contribution in [0, 0.1) is 0 Å². The SMILES string of the molecule is COC(=O)CC(=O)NC[C@@H](NC(=O)Oc1ccc(Cl)s1)C(=O)Nc1ccc2c(c1)CCN(C)CC2. The first-order valence-electron chi connectivity index (χ1n) is 10.9. The van der Waals surface area contributed by atoms with Gasteiger partial charge in [-0.05, 0) is 55.3 Å². The molecule has 0 saturated heterocycles. The maximum absolute atomic E-state index is 13.0. The summed E-state index contributed by atoms with van der Waals surface area (Å²) in [5.41, 5.74) is 2.96. The van der Waals surface area contributed by atoms with Gasteiger partial charge in [0.25, 0.3) is 0 Å². The highest BCUT2D eigenvalue weighted by Gasteiger charge is 2.24. The first-order valence-corrected chi connectivity index (χ1v) is 12.1. The summed E-state index contributed by atoms with van der Waals surface area (Å²) in [6, 6.07) is 7.63. The van der Waals surface area contributed by atoms with Gasteiger partial charge in [0.1, 0.15) is 12.5 Å². The van der Waals surface area contributed by atoms with Gasteiger partial charge >= 0.3 is 12.1 Å². The summed E-state index contributed by atoms with van der Waals surface area (Å²) in [5, 5.41) is 7.94. The van der Waals surface area contributed by atoms with Gasteiger partial charge in [0.05, 0.1) is 11.4 Å². The fraction of sp³-hybridized carbons (Fsp3) is 0.391. The summed E-state index contributed by atoms with van der Waals surface area (Å²) < 4.78 is 10.1. The highest BCUT2D eigenvalue weighted by atomic mass is 35.5. The van der Waals surface area contributed by atoms with Gasteiger partial charge in [-0.15, -0.1) is 0 Å². The van der Waals surface area contributed by atoms with E-state index in [0.29, 0.717) is 10.0 Å². The molecule has 12 heteroatoms. The van der Waals surface area contributed by atoms with Gasteiger partial charge in [0.15, 0.2) is 5.06 Å². The summed E-state index contributed by atoms with van der Waals surface area (Å²) in [6.45, 7) is 1.62. The topological polar surface area (TPSA) is 126 Å². The van der Waals surface area contributed by atoms with Gasteiger partial charge in [0.2, 0.25) is 11.8 Å². The number of likely N-dealkylation sites (N-methyl/N-ethyl adjacent to an activating group) is 1. The van der Waals surface area contributed by atoms with Crippen LogP contribution in [0.3, 0.4) is 0 Å². The minimum Gasteiger partial charge on any atom is -0.469 e. The number of carbonyl (C=O) groups is 4. The number of thiophene rings is 1. The minimum absolute atomic E-state index is 0.247. The molecular formula is C23H27ClN4O6S. The van der Waals surface area contributed by atoms with Crippen LogP contribution in [-0.4, -0.2) is 68.6 Å². The van der Waals surface area contributed by atoms with Gasteiger partial charge in [0, 0.05) is 25.3 Å². The molecule has 10 nitrogen and oxygen atoms in total. The lowest BCUT2D eigenvalue weighted by atomic mass is 10.0. The monoisotopic (exact) mass is 522 g/mol. The maximum Gasteiger partial charge on any atom is 0.414 e. The van der Waals surface area contributed by atoms with Crippen LogP contribution in [0.5, 0.6) is 5.06 Å². The normalized spacial score (nSPS) is 14.1. The molecule has 35 heavy (non-hydrogen) atoms. The highest BCUT2D eigenvalue weighted by Crippen LogP contribution is 2.28. The predicted octanol–water partition coefficient (Wildman–Crippen LogP) is 2.21. The Morgan fingerprint density at radius 1 is 1.11 bits per heavy atom. The number of amides is 3. The van der Waals surface area contributed by atoms with E-state index < -0.39 is 36.3 Å². The number of carbonyl (C=O) groups excluding carboxylic acids is 4. The molecule has 0 unspecified atom stereocenters. The second-order valence-corrected chi connectivity index (χ2v) is 9.66. The second-order valence-electron chi connectivity index (χ2n) is 7.98. The molecule has 2 heterocycles. The summed E-state index contributed by atoms with van der Waals surface area (Å²) in [6.07, 6.45) is 0.379. The Morgan fingerprint density at radius 3 is 2.54 bits per heavy atom. The van der Waals surface area contributed by atoms with Crippen molar-refractivity contribution in [2.45, 2.75) is 25.3 Å². The van der Waals surface area contributed by atoms with Crippen molar-refractivity contribution < 1.29 is 28.7 Å². The first kappa shape index (κ1) is 26.5. The number of ether oxygens (including phenoxy) is 2. The molecule has 0 bridgehead atoms. The average Bonchev–Trinajstić information content (AvgIpc) is 3.13. The quantitative estimate of drug-likeness (QED) is 0.358. The van der Waals surface area contributed by atoms with Crippen molar-refractivity contribution in [2.24, 2.45) is 0 Å². The van der Waals surface area contributed by atoms with E-state index in [2.05, 4.69) is 32.6 Å². The standard InChI is InChI=1S/C23H27ClN4O6S/c1-28-9-7-14-3-4-16(11-15(14)8-10-28)26-22(31)17(13-25-19(29)12-20(30)33-2)27-23(32)34-21-6-5-18(24)35-21/h3-6,11,17H,7-10,12-13H2,1-2H3,(H,25,29)(H,26,31)(H,27,32)/t17-/m1/s1. The number of hydrogen-bond donors (Lipinski definition) is 3. The fourth-order valence-electron chi connectivity index (χ4n) is 3.45. The third-order valence-electron chi connectivity index (χ3n) is 5.39. The van der Waals surface area contributed by atoms with Crippen molar-refractivity contribution in [3.05, 3.63) is 45.8 Å². The predicted molar refractivity (Wildman–Crippen MR) is 132 cm³/mol. The smallest absolute Gasteiger partial charge is 0.414 e. The zero-order valence-corrected chi connectivity index (χ0v) is 21.0. The van der Waals surface area contributed by atoms with Crippen LogP contribution in [-0.2, 0) is 32.0 Å². The molecule has 3 N–H and O–H groups in total. The van der Waals surface area contributed by atoms with Crippen molar-refractivity contribution >= 4 is 52.5 Å². The number of methoxy groups -OCH3 is 1. The molecule has 1 aromatic carbocycles.